The van der Waals surface area contributed by atoms with E-state index < -0.39 is 5.82 Å². The molecule has 3 N–H and O–H groups in total. The lowest BCUT2D eigenvalue weighted by molar-refractivity contribution is 0.459. The zero-order valence-corrected chi connectivity index (χ0v) is 8.90. The maximum atomic E-state index is 13.3. The van der Waals surface area contributed by atoms with Crippen LogP contribution in [0.1, 0.15) is 24.0 Å². The Morgan fingerprint density at radius 2 is 2.21 bits per heavy atom. The van der Waals surface area contributed by atoms with E-state index in [1.807, 2.05) is 6.92 Å². The molecule has 78 valence electrons. The molecule has 4 heteroatoms. The van der Waals surface area contributed by atoms with Crippen molar-refractivity contribution in [3.05, 3.63) is 28.0 Å². The van der Waals surface area contributed by atoms with E-state index in [9.17, 15) is 9.50 Å². The number of hydrogen-bond acceptors (Lipinski definition) is 2. The SMILES string of the molecule is Cc1c(F)cc(Cl)c(O)c1C(C)CN. The molecule has 0 bridgehead atoms. The molecular weight excluding hydrogens is 205 g/mol. The summed E-state index contributed by atoms with van der Waals surface area (Å²) < 4.78 is 13.3. The largest absolute Gasteiger partial charge is 0.506 e. The van der Waals surface area contributed by atoms with Crippen molar-refractivity contribution in [1.29, 1.82) is 0 Å². The molecular formula is C10H13ClFNO. The Hall–Kier alpha value is -0.800. The van der Waals surface area contributed by atoms with Gasteiger partial charge < -0.3 is 10.8 Å². The molecule has 1 rings (SSSR count). The zero-order valence-electron chi connectivity index (χ0n) is 8.14. The summed E-state index contributed by atoms with van der Waals surface area (Å²) in [7, 11) is 0. The van der Waals surface area contributed by atoms with Gasteiger partial charge in [-0.25, -0.2) is 4.39 Å². The van der Waals surface area contributed by atoms with Gasteiger partial charge in [-0.15, -0.1) is 0 Å². The van der Waals surface area contributed by atoms with Crippen LogP contribution in [0.2, 0.25) is 5.02 Å². The topological polar surface area (TPSA) is 46.2 Å². The first-order valence-electron chi connectivity index (χ1n) is 4.36. The van der Waals surface area contributed by atoms with Crippen molar-refractivity contribution < 1.29 is 9.50 Å². The van der Waals surface area contributed by atoms with E-state index in [0.717, 1.165) is 6.07 Å². The molecule has 0 radical (unpaired) electrons. The lowest BCUT2D eigenvalue weighted by atomic mass is 9.95. The fourth-order valence-corrected chi connectivity index (χ4v) is 1.64. The molecule has 1 aromatic carbocycles. The first-order chi connectivity index (χ1) is 6.49. The molecule has 0 saturated carbocycles. The highest BCUT2D eigenvalue weighted by Crippen LogP contribution is 2.36. The summed E-state index contributed by atoms with van der Waals surface area (Å²) in [6, 6.07) is 1.11. The molecule has 1 aromatic rings. The third-order valence-corrected chi connectivity index (χ3v) is 2.63. The number of rotatable bonds is 2. The first-order valence-corrected chi connectivity index (χ1v) is 4.74. The van der Waals surface area contributed by atoms with Crippen LogP contribution >= 0.6 is 11.6 Å². The van der Waals surface area contributed by atoms with Crippen LogP contribution in [0, 0.1) is 12.7 Å². The van der Waals surface area contributed by atoms with Gasteiger partial charge in [0, 0.05) is 5.56 Å². The van der Waals surface area contributed by atoms with E-state index >= 15 is 0 Å². The molecule has 0 aliphatic rings. The smallest absolute Gasteiger partial charge is 0.138 e. The summed E-state index contributed by atoms with van der Waals surface area (Å²) in [5.74, 6) is -0.588. The quantitative estimate of drug-likeness (QED) is 0.800. The third kappa shape index (κ3) is 1.83. The summed E-state index contributed by atoms with van der Waals surface area (Å²) in [4.78, 5) is 0. The summed E-state index contributed by atoms with van der Waals surface area (Å²) >= 11 is 5.66. The molecule has 0 fully saturated rings. The molecule has 0 aliphatic carbocycles. The highest BCUT2D eigenvalue weighted by Gasteiger charge is 2.18. The second-order valence-electron chi connectivity index (χ2n) is 3.36. The molecule has 0 saturated heterocycles. The third-order valence-electron chi connectivity index (χ3n) is 2.34. The fraction of sp³-hybridized carbons (Fsp3) is 0.400. The zero-order chi connectivity index (χ0) is 10.9. The number of aromatic hydroxyl groups is 1. The van der Waals surface area contributed by atoms with Gasteiger partial charge in [-0.1, -0.05) is 18.5 Å². The van der Waals surface area contributed by atoms with Crippen LogP contribution in [-0.2, 0) is 0 Å². The van der Waals surface area contributed by atoms with Gasteiger partial charge in [0.15, 0.2) is 0 Å². The maximum Gasteiger partial charge on any atom is 0.138 e. The van der Waals surface area contributed by atoms with E-state index in [1.54, 1.807) is 6.92 Å². The standard InChI is InChI=1S/C10H13ClFNO/c1-5(4-13)9-6(2)8(12)3-7(11)10(9)14/h3,5,14H,4,13H2,1-2H3. The van der Waals surface area contributed by atoms with Gasteiger partial charge >= 0.3 is 0 Å². The second kappa shape index (κ2) is 4.15. The van der Waals surface area contributed by atoms with Crippen molar-refractivity contribution in [2.24, 2.45) is 5.73 Å². The number of nitrogens with two attached hydrogens (primary N) is 1. The van der Waals surface area contributed by atoms with Gasteiger partial charge in [0.05, 0.1) is 5.02 Å². The van der Waals surface area contributed by atoms with Crippen molar-refractivity contribution in [2.45, 2.75) is 19.8 Å². The average Bonchev–Trinajstić information content (AvgIpc) is 2.15. The summed E-state index contributed by atoms with van der Waals surface area (Å²) in [6.07, 6.45) is 0. The van der Waals surface area contributed by atoms with E-state index in [-0.39, 0.29) is 16.7 Å². The molecule has 0 aliphatic heterocycles. The molecule has 2 nitrogen and oxygen atoms in total. The number of phenolic OH excluding ortho intramolecular Hbond substituents is 1. The Morgan fingerprint density at radius 1 is 1.64 bits per heavy atom. The van der Waals surface area contributed by atoms with Crippen molar-refractivity contribution in [1.82, 2.24) is 0 Å². The predicted octanol–water partition coefficient (Wildman–Crippen LogP) is 2.56. The van der Waals surface area contributed by atoms with Gasteiger partial charge in [-0.05, 0) is 31.0 Å². The first kappa shape index (κ1) is 11.3. The molecule has 14 heavy (non-hydrogen) atoms. The van der Waals surface area contributed by atoms with Crippen LogP contribution < -0.4 is 5.73 Å². The number of halogens is 2. The lowest BCUT2D eigenvalue weighted by Crippen LogP contribution is -2.11. The second-order valence-corrected chi connectivity index (χ2v) is 3.77. The average molecular weight is 218 g/mol. The van der Waals surface area contributed by atoms with Gasteiger partial charge in [0.25, 0.3) is 0 Å². The normalized spacial score (nSPS) is 12.9. The van der Waals surface area contributed by atoms with Crippen LogP contribution in [0.4, 0.5) is 4.39 Å². The minimum absolute atomic E-state index is 0.0309. The van der Waals surface area contributed by atoms with Gasteiger partial charge in [-0.3, -0.25) is 0 Å². The summed E-state index contributed by atoms with van der Waals surface area (Å²) in [6.45, 7) is 3.76. The maximum absolute atomic E-state index is 13.3. The Balaban J connectivity index is 3.39. The molecule has 1 atom stereocenters. The minimum atomic E-state index is -0.414. The lowest BCUT2D eigenvalue weighted by Gasteiger charge is -2.15. The number of hydrogen-bond donors (Lipinski definition) is 2. The monoisotopic (exact) mass is 217 g/mol. The Labute approximate surface area is 87.5 Å². The number of phenols is 1. The van der Waals surface area contributed by atoms with Crippen molar-refractivity contribution in [2.75, 3.05) is 6.54 Å². The molecule has 0 heterocycles. The highest BCUT2D eigenvalue weighted by molar-refractivity contribution is 6.32. The van der Waals surface area contributed by atoms with Crippen LogP contribution in [-0.4, -0.2) is 11.7 Å². The van der Waals surface area contributed by atoms with E-state index in [0.29, 0.717) is 17.7 Å². The molecule has 1 unspecified atom stereocenters. The Kier molecular flexibility index (Phi) is 3.34. The number of benzene rings is 1. The van der Waals surface area contributed by atoms with Gasteiger partial charge in [0.1, 0.15) is 11.6 Å². The minimum Gasteiger partial charge on any atom is -0.506 e. The van der Waals surface area contributed by atoms with E-state index in [1.165, 1.54) is 0 Å². The van der Waals surface area contributed by atoms with Crippen LogP contribution in [0.15, 0.2) is 6.07 Å². The Bertz CT molecular complexity index is 328. The summed E-state index contributed by atoms with van der Waals surface area (Å²) in [5, 5.41) is 9.68. The van der Waals surface area contributed by atoms with E-state index in [2.05, 4.69) is 0 Å². The van der Waals surface area contributed by atoms with E-state index in [4.69, 9.17) is 17.3 Å². The van der Waals surface area contributed by atoms with Gasteiger partial charge in [-0.2, -0.15) is 0 Å². The molecule has 0 spiro atoms. The predicted molar refractivity (Wildman–Crippen MR) is 55.3 cm³/mol. The highest BCUT2D eigenvalue weighted by atomic mass is 35.5. The van der Waals surface area contributed by atoms with Gasteiger partial charge in [0.2, 0.25) is 0 Å². The van der Waals surface area contributed by atoms with Crippen LogP contribution in [0.5, 0.6) is 5.75 Å². The molecule has 0 aromatic heterocycles. The summed E-state index contributed by atoms with van der Waals surface area (Å²) in [5.41, 5.74) is 6.37. The van der Waals surface area contributed by atoms with Crippen molar-refractivity contribution >= 4 is 11.6 Å². The Morgan fingerprint density at radius 3 is 2.71 bits per heavy atom. The van der Waals surface area contributed by atoms with Crippen LogP contribution in [0.3, 0.4) is 0 Å². The van der Waals surface area contributed by atoms with Crippen LogP contribution in [0.25, 0.3) is 0 Å². The van der Waals surface area contributed by atoms with Crippen molar-refractivity contribution in [3.63, 3.8) is 0 Å². The fourth-order valence-electron chi connectivity index (χ4n) is 1.44. The van der Waals surface area contributed by atoms with Crippen molar-refractivity contribution in [3.8, 4) is 5.75 Å². The molecule has 0 amide bonds.